The highest BCUT2D eigenvalue weighted by atomic mass is 19.4. The molecule has 0 aliphatic rings. The molecule has 1 aromatic rings. The lowest BCUT2D eigenvalue weighted by Gasteiger charge is -2.22. The van der Waals surface area contributed by atoms with Crippen LogP contribution in [0, 0.1) is 12.7 Å². The second-order valence-electron chi connectivity index (χ2n) is 4.11. The predicted molar refractivity (Wildman–Crippen MR) is 63.2 cm³/mol. The zero-order valence-corrected chi connectivity index (χ0v) is 10.5. The SMILES string of the molecule is CCN(CC(F)(F)F)C(=O)c1cc(N)c(C)c(F)c1. The van der Waals surface area contributed by atoms with Crippen molar-refractivity contribution in [2.24, 2.45) is 0 Å². The Kier molecular flexibility index (Phi) is 4.39. The van der Waals surface area contributed by atoms with Crippen molar-refractivity contribution in [3.05, 3.63) is 29.1 Å². The van der Waals surface area contributed by atoms with Gasteiger partial charge in [0.05, 0.1) is 0 Å². The molecule has 0 aromatic heterocycles. The lowest BCUT2D eigenvalue weighted by atomic mass is 10.1. The standard InChI is InChI=1S/C12H14F4N2O/c1-3-18(6-12(14,15)16)11(19)8-4-9(13)7(2)10(17)5-8/h4-5H,3,6,17H2,1-2H3. The highest BCUT2D eigenvalue weighted by Crippen LogP contribution is 2.21. The summed E-state index contributed by atoms with van der Waals surface area (Å²) < 4.78 is 50.3. The van der Waals surface area contributed by atoms with Crippen molar-refractivity contribution in [2.45, 2.75) is 20.0 Å². The predicted octanol–water partition coefficient (Wildman–Crippen LogP) is 2.74. The van der Waals surface area contributed by atoms with Crippen molar-refractivity contribution < 1.29 is 22.4 Å². The second-order valence-corrected chi connectivity index (χ2v) is 4.11. The zero-order chi connectivity index (χ0) is 14.8. The van der Waals surface area contributed by atoms with Crippen LogP contribution in [0.3, 0.4) is 0 Å². The Bertz CT molecular complexity index is 462. The number of nitrogens with zero attached hydrogens (tertiary/aromatic N) is 1. The number of carbonyl (C=O) groups excluding carboxylic acids is 1. The largest absolute Gasteiger partial charge is 0.406 e. The van der Waals surface area contributed by atoms with Gasteiger partial charge in [0.1, 0.15) is 12.4 Å². The molecule has 0 saturated carbocycles. The molecule has 0 radical (unpaired) electrons. The van der Waals surface area contributed by atoms with E-state index in [1.807, 2.05) is 0 Å². The smallest absolute Gasteiger partial charge is 0.398 e. The molecule has 1 amide bonds. The number of hydrogen-bond acceptors (Lipinski definition) is 2. The Hall–Kier alpha value is -1.79. The van der Waals surface area contributed by atoms with Crippen LogP contribution in [0.15, 0.2) is 12.1 Å². The molecule has 3 nitrogen and oxygen atoms in total. The zero-order valence-electron chi connectivity index (χ0n) is 10.5. The van der Waals surface area contributed by atoms with Crippen molar-refractivity contribution in [3.8, 4) is 0 Å². The first-order chi connectivity index (χ1) is 8.65. The number of carbonyl (C=O) groups is 1. The van der Waals surface area contributed by atoms with E-state index in [-0.39, 0.29) is 23.4 Å². The van der Waals surface area contributed by atoms with E-state index >= 15 is 0 Å². The van der Waals surface area contributed by atoms with Crippen molar-refractivity contribution in [1.29, 1.82) is 0 Å². The molecule has 0 aliphatic heterocycles. The van der Waals surface area contributed by atoms with Crippen LogP contribution in [0.4, 0.5) is 23.2 Å². The van der Waals surface area contributed by atoms with E-state index < -0.39 is 24.4 Å². The highest BCUT2D eigenvalue weighted by molar-refractivity contribution is 5.95. The molecule has 0 fully saturated rings. The van der Waals surface area contributed by atoms with Gasteiger partial charge in [-0.15, -0.1) is 0 Å². The van der Waals surface area contributed by atoms with E-state index in [0.717, 1.165) is 6.07 Å². The minimum atomic E-state index is -4.50. The third-order valence-corrected chi connectivity index (χ3v) is 2.67. The average Bonchev–Trinajstić information content (AvgIpc) is 2.30. The summed E-state index contributed by atoms with van der Waals surface area (Å²) in [5.74, 6) is -1.61. The normalized spacial score (nSPS) is 11.5. The molecule has 1 aromatic carbocycles. The van der Waals surface area contributed by atoms with Gasteiger partial charge in [0.15, 0.2) is 0 Å². The summed E-state index contributed by atoms with van der Waals surface area (Å²) in [5.41, 5.74) is 5.50. The summed E-state index contributed by atoms with van der Waals surface area (Å²) in [6, 6.07) is 2.08. The first kappa shape index (κ1) is 15.3. The fraction of sp³-hybridized carbons (Fsp3) is 0.417. The third kappa shape index (κ3) is 3.84. The molecule has 1 rings (SSSR count). The van der Waals surface area contributed by atoms with Gasteiger partial charge in [-0.3, -0.25) is 4.79 Å². The van der Waals surface area contributed by atoms with Gasteiger partial charge in [-0.2, -0.15) is 13.2 Å². The Morgan fingerprint density at radius 2 is 1.95 bits per heavy atom. The Labute approximate surface area is 108 Å². The second kappa shape index (κ2) is 5.46. The van der Waals surface area contributed by atoms with E-state index in [1.54, 1.807) is 0 Å². The Morgan fingerprint density at radius 3 is 2.37 bits per heavy atom. The molecule has 106 valence electrons. The molecule has 0 unspecified atom stereocenters. The van der Waals surface area contributed by atoms with Gasteiger partial charge in [0, 0.05) is 23.4 Å². The lowest BCUT2D eigenvalue weighted by molar-refractivity contribution is -0.140. The molecular weight excluding hydrogens is 264 g/mol. The summed E-state index contributed by atoms with van der Waals surface area (Å²) in [6.07, 6.45) is -4.50. The number of anilines is 1. The van der Waals surface area contributed by atoms with E-state index in [4.69, 9.17) is 5.73 Å². The number of halogens is 4. The van der Waals surface area contributed by atoms with Crippen LogP contribution in [0.5, 0.6) is 0 Å². The van der Waals surface area contributed by atoms with Crippen LogP contribution in [-0.4, -0.2) is 30.1 Å². The maximum atomic E-state index is 13.4. The fourth-order valence-corrected chi connectivity index (χ4v) is 1.55. The monoisotopic (exact) mass is 278 g/mol. The minimum absolute atomic E-state index is 0.0337. The number of nitrogens with two attached hydrogens (primary N) is 1. The van der Waals surface area contributed by atoms with Crippen LogP contribution in [-0.2, 0) is 0 Å². The van der Waals surface area contributed by atoms with Gasteiger partial charge in [-0.25, -0.2) is 4.39 Å². The number of alkyl halides is 3. The number of benzene rings is 1. The average molecular weight is 278 g/mol. The van der Waals surface area contributed by atoms with Gasteiger partial charge < -0.3 is 10.6 Å². The summed E-state index contributed by atoms with van der Waals surface area (Å²) >= 11 is 0. The number of rotatable bonds is 3. The molecular formula is C12H14F4N2O. The number of amides is 1. The lowest BCUT2D eigenvalue weighted by Crippen LogP contribution is -2.38. The molecule has 7 heteroatoms. The first-order valence-electron chi connectivity index (χ1n) is 5.57. The van der Waals surface area contributed by atoms with Crippen LogP contribution in [0.1, 0.15) is 22.8 Å². The first-order valence-corrected chi connectivity index (χ1v) is 5.57. The van der Waals surface area contributed by atoms with Crippen molar-refractivity contribution in [1.82, 2.24) is 4.90 Å². The van der Waals surface area contributed by atoms with Gasteiger partial charge in [0.25, 0.3) is 5.91 Å². The van der Waals surface area contributed by atoms with Gasteiger partial charge in [0.2, 0.25) is 0 Å². The Morgan fingerprint density at radius 1 is 1.37 bits per heavy atom. The van der Waals surface area contributed by atoms with Gasteiger partial charge in [-0.05, 0) is 26.0 Å². The Balaban J connectivity index is 3.05. The third-order valence-electron chi connectivity index (χ3n) is 2.67. The van der Waals surface area contributed by atoms with Crippen molar-refractivity contribution in [2.75, 3.05) is 18.8 Å². The highest BCUT2D eigenvalue weighted by Gasteiger charge is 2.32. The van der Waals surface area contributed by atoms with Crippen molar-refractivity contribution in [3.63, 3.8) is 0 Å². The molecule has 0 heterocycles. The van der Waals surface area contributed by atoms with E-state index in [9.17, 15) is 22.4 Å². The maximum Gasteiger partial charge on any atom is 0.406 e. The van der Waals surface area contributed by atoms with Gasteiger partial charge >= 0.3 is 6.18 Å². The van der Waals surface area contributed by atoms with Gasteiger partial charge in [-0.1, -0.05) is 0 Å². The van der Waals surface area contributed by atoms with E-state index in [1.165, 1.54) is 19.9 Å². The summed E-state index contributed by atoms with van der Waals surface area (Å²) in [7, 11) is 0. The molecule has 0 spiro atoms. The molecule has 0 saturated heterocycles. The van der Waals surface area contributed by atoms with Crippen LogP contribution in [0.2, 0.25) is 0 Å². The van der Waals surface area contributed by atoms with Crippen LogP contribution >= 0.6 is 0 Å². The topological polar surface area (TPSA) is 46.3 Å². The number of hydrogen-bond donors (Lipinski definition) is 1. The maximum absolute atomic E-state index is 13.4. The molecule has 0 bridgehead atoms. The van der Waals surface area contributed by atoms with Crippen LogP contribution in [0.25, 0.3) is 0 Å². The molecule has 0 aliphatic carbocycles. The van der Waals surface area contributed by atoms with Crippen LogP contribution < -0.4 is 5.73 Å². The summed E-state index contributed by atoms with van der Waals surface area (Å²) in [4.78, 5) is 12.5. The quantitative estimate of drug-likeness (QED) is 0.682. The van der Waals surface area contributed by atoms with E-state index in [2.05, 4.69) is 0 Å². The summed E-state index contributed by atoms with van der Waals surface area (Å²) in [5, 5.41) is 0. The summed E-state index contributed by atoms with van der Waals surface area (Å²) in [6.45, 7) is 1.33. The minimum Gasteiger partial charge on any atom is -0.398 e. The van der Waals surface area contributed by atoms with Crippen molar-refractivity contribution >= 4 is 11.6 Å². The fourth-order valence-electron chi connectivity index (χ4n) is 1.55. The number of nitrogen functional groups attached to an aromatic ring is 1. The molecule has 0 atom stereocenters. The van der Waals surface area contributed by atoms with E-state index in [0.29, 0.717) is 4.90 Å². The molecule has 19 heavy (non-hydrogen) atoms. The molecule has 2 N–H and O–H groups in total.